The Morgan fingerprint density at radius 1 is 0.765 bits per heavy atom. The smallest absolute Gasteiger partial charge is 0.148 e. The summed E-state index contributed by atoms with van der Waals surface area (Å²) in [7, 11) is 0. The van der Waals surface area contributed by atoms with Gasteiger partial charge in [0.1, 0.15) is 11.1 Å². The van der Waals surface area contributed by atoms with Gasteiger partial charge in [-0.1, -0.05) is 101 Å². The quantitative estimate of drug-likeness (QED) is 0.165. The van der Waals surface area contributed by atoms with E-state index in [0.29, 0.717) is 5.92 Å². The largest absolute Gasteiger partial charge is 0.498 e. The minimum atomic E-state index is 0. The summed E-state index contributed by atoms with van der Waals surface area (Å²) in [6, 6.07) is 35.9. The topological polar surface area (TPSA) is 51.8 Å². The molecule has 259 valence electrons. The van der Waals surface area contributed by atoms with E-state index >= 15 is 0 Å². The number of aromatic nitrogens is 3. The Hall–Kier alpha value is -4.48. The first kappa shape index (κ1) is 36.3. The van der Waals surface area contributed by atoms with Gasteiger partial charge in [0.2, 0.25) is 0 Å². The molecule has 0 unspecified atom stereocenters. The molecule has 1 radical (unpaired) electrons. The van der Waals surface area contributed by atoms with Crippen LogP contribution in [0.4, 0.5) is 0 Å². The predicted molar refractivity (Wildman–Crippen MR) is 210 cm³/mol. The fourth-order valence-electron chi connectivity index (χ4n) is 6.26. The number of hydrogen-bond donors (Lipinski definition) is 0. The number of furan rings is 1. The van der Waals surface area contributed by atoms with Crippen molar-refractivity contribution in [2.45, 2.75) is 66.7 Å². The van der Waals surface area contributed by atoms with E-state index in [1.54, 1.807) is 11.3 Å². The van der Waals surface area contributed by atoms with Gasteiger partial charge in [-0.2, -0.15) is 0 Å². The van der Waals surface area contributed by atoms with E-state index in [-0.39, 0.29) is 25.5 Å². The number of aryl methyl sites for hydroxylation is 3. The molecule has 0 saturated carbocycles. The fourth-order valence-corrected chi connectivity index (χ4v) is 7.28. The molecular weight excluding hydrogens is 823 g/mol. The molecule has 0 spiro atoms. The first-order valence-corrected chi connectivity index (χ1v) is 17.9. The van der Waals surface area contributed by atoms with E-state index in [4.69, 9.17) is 14.4 Å². The Kier molecular flexibility index (Phi) is 10.4. The zero-order chi connectivity index (χ0) is 35.2. The molecule has 0 aliphatic rings. The second-order valence-electron chi connectivity index (χ2n) is 14.4. The van der Waals surface area contributed by atoms with Crippen molar-refractivity contribution >= 4 is 43.5 Å². The summed E-state index contributed by atoms with van der Waals surface area (Å²) in [5.74, 6) is 0.437. The van der Waals surface area contributed by atoms with Gasteiger partial charge in [-0.15, -0.1) is 64.9 Å². The minimum absolute atomic E-state index is 0. The van der Waals surface area contributed by atoms with Crippen molar-refractivity contribution < 1.29 is 24.5 Å². The van der Waals surface area contributed by atoms with E-state index < -0.39 is 0 Å². The average molecular weight is 864 g/mol. The van der Waals surface area contributed by atoms with E-state index in [1.165, 1.54) is 33.4 Å². The van der Waals surface area contributed by atoms with Crippen molar-refractivity contribution in [3.63, 3.8) is 0 Å². The molecule has 0 bridgehead atoms. The zero-order valence-corrected chi connectivity index (χ0v) is 33.5. The van der Waals surface area contributed by atoms with Crippen LogP contribution in [-0.4, -0.2) is 15.0 Å². The molecule has 0 amide bonds. The van der Waals surface area contributed by atoms with Gasteiger partial charge >= 0.3 is 0 Å². The summed E-state index contributed by atoms with van der Waals surface area (Å²) in [5.41, 5.74) is 13.8. The molecule has 0 atom stereocenters. The summed E-state index contributed by atoms with van der Waals surface area (Å²) in [4.78, 5) is 14.2. The van der Waals surface area contributed by atoms with Crippen molar-refractivity contribution in [1.82, 2.24) is 15.0 Å². The summed E-state index contributed by atoms with van der Waals surface area (Å²) < 4.78 is 7.64. The van der Waals surface area contributed by atoms with Crippen LogP contribution in [0.1, 0.15) is 67.8 Å². The molecule has 0 fully saturated rings. The summed E-state index contributed by atoms with van der Waals surface area (Å²) in [6.45, 7) is 17.3. The SMILES string of the molecule is Cc1c[c-]c(-c2cc(-c3ccccc3)c(C)cn2)cc1.Cc1cnc(-c2[c-]ccc3c2oc2c3ccc3sc(C(C)(C)C)nc32)cc1C(C)C.[Ir]. The van der Waals surface area contributed by atoms with Crippen LogP contribution in [0.5, 0.6) is 0 Å². The molecule has 0 N–H and O–H groups in total. The maximum atomic E-state index is 6.48. The van der Waals surface area contributed by atoms with Crippen molar-refractivity contribution in [3.8, 4) is 33.6 Å². The Balaban J connectivity index is 0.000000186. The molecule has 8 aromatic rings. The zero-order valence-electron chi connectivity index (χ0n) is 30.3. The molecule has 6 heteroatoms. The number of nitrogens with zero attached hydrogens (tertiary/aromatic N) is 3. The number of hydrogen-bond acceptors (Lipinski definition) is 5. The van der Waals surface area contributed by atoms with Crippen LogP contribution in [0, 0.1) is 32.9 Å². The normalized spacial score (nSPS) is 11.5. The third-order valence-corrected chi connectivity index (χ3v) is 10.5. The van der Waals surface area contributed by atoms with E-state index in [1.807, 2.05) is 30.6 Å². The Bertz CT molecular complexity index is 2470. The first-order chi connectivity index (χ1) is 24.0. The van der Waals surface area contributed by atoms with Crippen molar-refractivity contribution in [2.75, 3.05) is 0 Å². The first-order valence-electron chi connectivity index (χ1n) is 17.1. The van der Waals surface area contributed by atoms with E-state index in [9.17, 15) is 0 Å². The maximum absolute atomic E-state index is 6.48. The number of pyridine rings is 2. The Morgan fingerprint density at radius 3 is 2.20 bits per heavy atom. The second kappa shape index (κ2) is 14.6. The average Bonchev–Trinajstić information content (AvgIpc) is 3.72. The van der Waals surface area contributed by atoms with Crippen LogP contribution in [0.15, 0.2) is 102 Å². The molecule has 0 aliphatic heterocycles. The molecule has 0 saturated heterocycles. The van der Waals surface area contributed by atoms with E-state index in [0.717, 1.165) is 59.7 Å². The maximum Gasteiger partial charge on any atom is 0.148 e. The van der Waals surface area contributed by atoms with Crippen LogP contribution < -0.4 is 0 Å². The van der Waals surface area contributed by atoms with Gasteiger partial charge < -0.3 is 14.4 Å². The molecule has 4 aromatic carbocycles. The van der Waals surface area contributed by atoms with Crippen LogP contribution in [-0.2, 0) is 25.5 Å². The number of benzene rings is 4. The Labute approximate surface area is 318 Å². The van der Waals surface area contributed by atoms with Gasteiger partial charge in [0.05, 0.1) is 15.3 Å². The minimum Gasteiger partial charge on any atom is -0.498 e. The van der Waals surface area contributed by atoms with Gasteiger partial charge in [-0.25, -0.2) is 4.98 Å². The van der Waals surface area contributed by atoms with Gasteiger partial charge in [0.25, 0.3) is 0 Å². The van der Waals surface area contributed by atoms with Crippen molar-refractivity contribution in [3.05, 3.63) is 137 Å². The van der Waals surface area contributed by atoms with Crippen LogP contribution in [0.3, 0.4) is 0 Å². The molecule has 4 heterocycles. The summed E-state index contributed by atoms with van der Waals surface area (Å²) in [5, 5.41) is 3.30. The third kappa shape index (κ3) is 7.32. The number of rotatable bonds is 4. The molecule has 51 heavy (non-hydrogen) atoms. The van der Waals surface area contributed by atoms with E-state index in [2.05, 4.69) is 139 Å². The van der Waals surface area contributed by atoms with Crippen molar-refractivity contribution in [2.24, 2.45) is 0 Å². The molecule has 8 rings (SSSR count). The van der Waals surface area contributed by atoms with Gasteiger partial charge in [0.15, 0.2) is 0 Å². The Morgan fingerprint density at radius 2 is 1.49 bits per heavy atom. The standard InChI is InChI=1S/C26H25N2OS.C19H16N.Ir/c1-14(2)19-12-20(27-13-15(19)3)18-9-7-8-16-17-10-11-21-22(24(17)29-23(16)18)28-25(30-21)26(4,5)6;1-14-8-10-17(11-9-14)19-12-18(15(2)13-20-19)16-6-4-3-5-7-16;/h7-8,10-14H,1-6H3;3-10,12-13H,1-2H3;/q2*-1;. The molecule has 4 aromatic heterocycles. The van der Waals surface area contributed by atoms with Crippen molar-refractivity contribution in [1.29, 1.82) is 0 Å². The summed E-state index contributed by atoms with van der Waals surface area (Å²) >= 11 is 1.75. The second-order valence-corrected chi connectivity index (χ2v) is 15.4. The predicted octanol–water partition coefficient (Wildman–Crippen LogP) is 12.6. The summed E-state index contributed by atoms with van der Waals surface area (Å²) in [6.07, 6.45) is 3.89. The monoisotopic (exact) mass is 864 g/mol. The molecule has 0 aliphatic carbocycles. The molecule has 4 nitrogen and oxygen atoms in total. The van der Waals surface area contributed by atoms with Crippen LogP contribution in [0.25, 0.3) is 65.8 Å². The third-order valence-electron chi connectivity index (χ3n) is 9.05. The van der Waals surface area contributed by atoms with Gasteiger partial charge in [-0.3, -0.25) is 0 Å². The fraction of sp³-hybridized carbons (Fsp3) is 0.222. The van der Waals surface area contributed by atoms with Gasteiger partial charge in [0, 0.05) is 43.3 Å². The van der Waals surface area contributed by atoms with Gasteiger partial charge in [-0.05, 0) is 65.0 Å². The number of thiazole rings is 1. The van der Waals surface area contributed by atoms with Crippen LogP contribution >= 0.6 is 11.3 Å². The van der Waals surface area contributed by atoms with Crippen LogP contribution in [0.2, 0.25) is 0 Å². The molecular formula is C45H41IrN3OS-2. The number of fused-ring (bicyclic) bond motifs is 5.